The molecule has 0 radical (unpaired) electrons. The second-order valence-corrected chi connectivity index (χ2v) is 7.18. The molecule has 0 saturated heterocycles. The van der Waals surface area contributed by atoms with Crippen LogP contribution < -0.4 is 15.8 Å². The van der Waals surface area contributed by atoms with Crippen molar-refractivity contribution >= 4 is 35.3 Å². The number of hydrogen-bond donors (Lipinski definition) is 1. The highest BCUT2D eigenvalue weighted by Crippen LogP contribution is 2.39. The molecule has 3 heteroatoms. The number of fused-ring (bicyclic) bond motifs is 1. The van der Waals surface area contributed by atoms with Gasteiger partial charge in [-0.05, 0) is 60.4 Å². The average Bonchev–Trinajstić information content (AvgIpc) is 2.96. The summed E-state index contributed by atoms with van der Waals surface area (Å²) >= 11 is 6.23. The molecule has 0 unspecified atom stereocenters. The summed E-state index contributed by atoms with van der Waals surface area (Å²) < 4.78 is 0. The lowest BCUT2D eigenvalue weighted by atomic mass is 9.75. The minimum Gasteiger partial charge on any atom is -0.322 e. The molecule has 2 aromatic rings. The number of rotatable bonds is 2. The van der Waals surface area contributed by atoms with Crippen molar-refractivity contribution in [2.75, 3.05) is 5.32 Å². The van der Waals surface area contributed by atoms with Crippen LogP contribution in [0.15, 0.2) is 42.5 Å². The fourth-order valence-electron chi connectivity index (χ4n) is 4.17. The van der Waals surface area contributed by atoms with Crippen LogP contribution in [0.3, 0.4) is 0 Å². The standard InChI is InChI=1S/C21H20ClNO/c1-13-17(22)11-12-18-19(13)20(21(24)23-18)16-9-7-15(8-10-16)14-5-3-2-4-6-14/h2-6,11-12,15-16H,1,7-10H2,(H,23,24). The molecule has 1 amide bonds. The molecule has 0 spiro atoms. The van der Waals surface area contributed by atoms with E-state index in [1.807, 2.05) is 6.07 Å². The summed E-state index contributed by atoms with van der Waals surface area (Å²) in [5.41, 5.74) is 3.16. The molecule has 2 aromatic carbocycles. The van der Waals surface area contributed by atoms with E-state index in [0.717, 1.165) is 47.4 Å². The number of hydrogen-bond acceptors (Lipinski definition) is 1. The van der Waals surface area contributed by atoms with Crippen LogP contribution in [0, 0.1) is 5.92 Å². The van der Waals surface area contributed by atoms with Crippen molar-refractivity contribution in [1.29, 1.82) is 0 Å². The number of carbonyl (C=O) groups is 1. The van der Waals surface area contributed by atoms with Gasteiger partial charge in [0.05, 0.1) is 0 Å². The Labute approximate surface area is 146 Å². The van der Waals surface area contributed by atoms with Crippen LogP contribution in [0.5, 0.6) is 0 Å². The minimum absolute atomic E-state index is 0.0281. The predicted molar refractivity (Wildman–Crippen MR) is 99.4 cm³/mol. The molecule has 0 atom stereocenters. The van der Waals surface area contributed by atoms with E-state index in [2.05, 4.69) is 42.2 Å². The fraction of sp³-hybridized carbons (Fsp3) is 0.286. The first-order chi connectivity index (χ1) is 11.6. The molecule has 1 aliphatic carbocycles. The van der Waals surface area contributed by atoms with E-state index in [9.17, 15) is 4.79 Å². The van der Waals surface area contributed by atoms with Crippen LogP contribution in [0.25, 0.3) is 12.2 Å². The first kappa shape index (κ1) is 15.5. The van der Waals surface area contributed by atoms with Crippen LogP contribution in [-0.2, 0) is 4.79 Å². The quantitative estimate of drug-likeness (QED) is 0.886. The van der Waals surface area contributed by atoms with Crippen LogP contribution in [0.4, 0.5) is 5.69 Å². The zero-order chi connectivity index (χ0) is 16.7. The van der Waals surface area contributed by atoms with Crippen molar-refractivity contribution in [3.8, 4) is 0 Å². The summed E-state index contributed by atoms with van der Waals surface area (Å²) in [5, 5.41) is 5.32. The summed E-state index contributed by atoms with van der Waals surface area (Å²) in [6.45, 7) is 4.09. The molecule has 1 aliphatic heterocycles. The summed E-state index contributed by atoms with van der Waals surface area (Å²) in [4.78, 5) is 12.5. The molecule has 1 N–H and O–H groups in total. The number of nitrogens with one attached hydrogen (secondary N) is 1. The summed E-state index contributed by atoms with van der Waals surface area (Å²) in [5.74, 6) is 0.927. The van der Waals surface area contributed by atoms with Crippen molar-refractivity contribution in [3.63, 3.8) is 0 Å². The van der Waals surface area contributed by atoms with Gasteiger partial charge in [0, 0.05) is 21.5 Å². The van der Waals surface area contributed by atoms with Crippen LogP contribution in [-0.4, -0.2) is 5.91 Å². The van der Waals surface area contributed by atoms with Gasteiger partial charge in [-0.15, -0.1) is 0 Å². The molecule has 0 bridgehead atoms. The van der Waals surface area contributed by atoms with Gasteiger partial charge in [-0.2, -0.15) is 0 Å². The van der Waals surface area contributed by atoms with Gasteiger partial charge in [0.15, 0.2) is 0 Å². The third-order valence-corrected chi connectivity index (χ3v) is 5.78. The number of halogens is 1. The Morgan fingerprint density at radius 2 is 1.62 bits per heavy atom. The van der Waals surface area contributed by atoms with Crippen molar-refractivity contribution in [2.45, 2.75) is 31.6 Å². The Kier molecular flexibility index (Phi) is 3.93. The molecule has 1 saturated carbocycles. The Morgan fingerprint density at radius 1 is 0.958 bits per heavy atom. The Morgan fingerprint density at radius 3 is 2.33 bits per heavy atom. The lowest BCUT2D eigenvalue weighted by Gasteiger charge is -2.29. The van der Waals surface area contributed by atoms with E-state index < -0.39 is 0 Å². The summed E-state index contributed by atoms with van der Waals surface area (Å²) in [6, 6.07) is 14.4. The van der Waals surface area contributed by atoms with Crippen molar-refractivity contribution in [1.82, 2.24) is 0 Å². The number of amides is 1. The van der Waals surface area contributed by atoms with Gasteiger partial charge >= 0.3 is 0 Å². The molecule has 122 valence electrons. The maximum absolute atomic E-state index is 12.5. The Hall–Kier alpha value is -2.06. The second kappa shape index (κ2) is 6.10. The van der Waals surface area contributed by atoms with Gasteiger partial charge in [0.1, 0.15) is 0 Å². The van der Waals surface area contributed by atoms with Crippen LogP contribution in [0.2, 0.25) is 5.02 Å². The topological polar surface area (TPSA) is 29.1 Å². The van der Waals surface area contributed by atoms with Gasteiger partial charge in [-0.3, -0.25) is 4.79 Å². The molecule has 4 rings (SSSR count). The Balaban J connectivity index is 1.65. The average molecular weight is 338 g/mol. The third kappa shape index (κ3) is 2.55. The predicted octanol–water partition coefficient (Wildman–Crippen LogP) is 3.83. The normalized spacial score (nSPS) is 23.0. The first-order valence-electron chi connectivity index (χ1n) is 8.53. The molecule has 2 aliphatic rings. The monoisotopic (exact) mass is 337 g/mol. The minimum atomic E-state index is 0.0281. The van der Waals surface area contributed by atoms with Gasteiger partial charge < -0.3 is 5.32 Å². The SMILES string of the molecule is C=c1c(Cl)ccc2c1=C(C1CCC(c3ccccc3)CC1)C(=O)N2. The maximum Gasteiger partial charge on any atom is 0.252 e. The number of anilines is 1. The molecule has 2 nitrogen and oxygen atoms in total. The summed E-state index contributed by atoms with van der Waals surface area (Å²) in [7, 11) is 0. The van der Waals surface area contributed by atoms with Gasteiger partial charge in [0.2, 0.25) is 0 Å². The zero-order valence-electron chi connectivity index (χ0n) is 13.5. The molecule has 1 fully saturated rings. The third-order valence-electron chi connectivity index (χ3n) is 5.42. The highest BCUT2D eigenvalue weighted by molar-refractivity contribution is 6.31. The van der Waals surface area contributed by atoms with E-state index in [1.165, 1.54) is 5.56 Å². The van der Waals surface area contributed by atoms with Gasteiger partial charge in [-0.25, -0.2) is 0 Å². The smallest absolute Gasteiger partial charge is 0.252 e. The molecule has 1 heterocycles. The van der Waals surface area contributed by atoms with Crippen molar-refractivity contribution in [3.05, 3.63) is 63.5 Å². The van der Waals surface area contributed by atoms with Crippen molar-refractivity contribution < 1.29 is 4.79 Å². The second-order valence-electron chi connectivity index (χ2n) is 6.78. The zero-order valence-corrected chi connectivity index (χ0v) is 14.3. The lowest BCUT2D eigenvalue weighted by Crippen LogP contribution is -2.29. The van der Waals surface area contributed by atoms with E-state index in [-0.39, 0.29) is 5.91 Å². The van der Waals surface area contributed by atoms with Gasteiger partial charge in [0.25, 0.3) is 5.91 Å². The van der Waals surface area contributed by atoms with Crippen LogP contribution in [0.1, 0.15) is 37.2 Å². The molecular formula is C21H20ClNO. The highest BCUT2D eigenvalue weighted by Gasteiger charge is 2.32. The van der Waals surface area contributed by atoms with Gasteiger partial charge in [-0.1, -0.05) is 48.5 Å². The van der Waals surface area contributed by atoms with E-state index in [4.69, 9.17) is 11.6 Å². The largest absolute Gasteiger partial charge is 0.322 e. The molecule has 24 heavy (non-hydrogen) atoms. The number of benzene rings is 2. The van der Waals surface area contributed by atoms with E-state index in [1.54, 1.807) is 6.07 Å². The first-order valence-corrected chi connectivity index (χ1v) is 8.91. The molecule has 0 aromatic heterocycles. The van der Waals surface area contributed by atoms with Crippen molar-refractivity contribution in [2.24, 2.45) is 5.92 Å². The van der Waals surface area contributed by atoms with Crippen LogP contribution >= 0.6 is 11.6 Å². The lowest BCUT2D eigenvalue weighted by molar-refractivity contribution is -0.111. The molecular weight excluding hydrogens is 318 g/mol. The maximum atomic E-state index is 12.5. The highest BCUT2D eigenvalue weighted by atomic mass is 35.5. The fourth-order valence-corrected chi connectivity index (χ4v) is 4.33. The summed E-state index contributed by atoms with van der Waals surface area (Å²) in [6.07, 6.45) is 4.31. The number of carbonyl (C=O) groups excluding carboxylic acids is 1. The van der Waals surface area contributed by atoms with E-state index in [0.29, 0.717) is 16.9 Å². The Bertz CT molecular complexity index is 895. The van der Waals surface area contributed by atoms with E-state index >= 15 is 0 Å².